The van der Waals surface area contributed by atoms with Gasteiger partial charge in [0.25, 0.3) is 0 Å². The number of rotatable bonds is 3. The topological polar surface area (TPSA) is 56.5 Å². The highest BCUT2D eigenvalue weighted by Crippen LogP contribution is 2.54. The summed E-state index contributed by atoms with van der Waals surface area (Å²) in [5.74, 6) is 2.67. The summed E-state index contributed by atoms with van der Waals surface area (Å²) in [7, 11) is 1.48. The molecule has 0 saturated heterocycles. The number of allylic oxidation sites excluding steroid dienone is 2. The van der Waals surface area contributed by atoms with Crippen LogP contribution in [0, 0.1) is 23.7 Å². The van der Waals surface area contributed by atoms with Crippen LogP contribution < -0.4 is 10.4 Å². The Bertz CT molecular complexity index is 717. The highest BCUT2D eigenvalue weighted by Gasteiger charge is 2.50. The number of carbonyl (C=O) groups excluding carboxylic acids is 1. The van der Waals surface area contributed by atoms with E-state index < -0.39 is 5.63 Å². The summed E-state index contributed by atoms with van der Waals surface area (Å²) in [6, 6.07) is 1.75. The van der Waals surface area contributed by atoms with E-state index in [-0.39, 0.29) is 16.9 Å². The minimum absolute atomic E-state index is 0.0444. The second-order valence-electron chi connectivity index (χ2n) is 7.55. The normalized spacial score (nSPS) is 35.3. The molecule has 0 amide bonds. The average Bonchev–Trinajstić information content (AvgIpc) is 2.57. The first-order valence-electron chi connectivity index (χ1n) is 8.79. The number of aldehydes is 1. The quantitative estimate of drug-likeness (QED) is 0.621. The lowest BCUT2D eigenvalue weighted by atomic mass is 9.53. The van der Waals surface area contributed by atoms with Crippen LogP contribution in [-0.4, -0.2) is 13.4 Å². The molecule has 0 spiro atoms. The van der Waals surface area contributed by atoms with Crippen LogP contribution in [0.2, 0.25) is 0 Å². The van der Waals surface area contributed by atoms with Crippen molar-refractivity contribution in [2.24, 2.45) is 23.7 Å². The summed E-state index contributed by atoms with van der Waals surface area (Å²) in [6.45, 7) is 6.67. The second kappa shape index (κ2) is 6.23. The van der Waals surface area contributed by atoms with Crippen LogP contribution in [0.4, 0.5) is 0 Å². The van der Waals surface area contributed by atoms with E-state index in [2.05, 4.69) is 32.9 Å². The van der Waals surface area contributed by atoms with Gasteiger partial charge in [0.2, 0.25) is 0 Å². The fraction of sp³-hybridized carbons (Fsp3) is 0.600. The van der Waals surface area contributed by atoms with E-state index >= 15 is 0 Å². The molecule has 1 fully saturated rings. The molecule has 0 aliphatic heterocycles. The van der Waals surface area contributed by atoms with Crippen molar-refractivity contribution in [2.45, 2.75) is 45.4 Å². The number of carbonyl (C=O) groups is 1. The molecule has 0 unspecified atom stereocenters. The Morgan fingerprint density at radius 2 is 2.04 bits per heavy atom. The van der Waals surface area contributed by atoms with Crippen LogP contribution in [0.15, 0.2) is 27.4 Å². The average molecular weight is 330 g/mol. The number of ether oxygens (including phenoxy) is 1. The van der Waals surface area contributed by atoms with Crippen molar-refractivity contribution < 1.29 is 13.9 Å². The predicted octanol–water partition coefficient (Wildman–Crippen LogP) is 3.98. The molecule has 1 heterocycles. The molecular formula is C20H26O4. The second-order valence-corrected chi connectivity index (χ2v) is 7.55. The number of methoxy groups -OCH3 is 1. The fourth-order valence-corrected chi connectivity index (χ4v) is 4.93. The molecule has 0 aromatic carbocycles. The molecule has 4 nitrogen and oxygen atoms in total. The van der Waals surface area contributed by atoms with Crippen LogP contribution in [0.3, 0.4) is 0 Å². The Kier molecular flexibility index (Phi) is 4.41. The molecular weight excluding hydrogens is 304 g/mol. The molecule has 5 atom stereocenters. The molecule has 1 saturated carbocycles. The Labute approximate surface area is 142 Å². The molecule has 24 heavy (non-hydrogen) atoms. The smallest absolute Gasteiger partial charge is 0.350 e. The van der Waals surface area contributed by atoms with E-state index in [4.69, 9.17) is 9.15 Å². The summed E-state index contributed by atoms with van der Waals surface area (Å²) in [4.78, 5) is 23.5. The molecule has 0 bridgehead atoms. The maximum atomic E-state index is 12.3. The molecule has 130 valence electrons. The van der Waals surface area contributed by atoms with Crippen molar-refractivity contribution in [1.82, 2.24) is 0 Å². The molecule has 2 aliphatic rings. The van der Waals surface area contributed by atoms with Crippen molar-refractivity contribution >= 4 is 6.29 Å². The number of hydrogen-bond donors (Lipinski definition) is 0. The van der Waals surface area contributed by atoms with Gasteiger partial charge in [-0.3, -0.25) is 4.79 Å². The first-order valence-corrected chi connectivity index (χ1v) is 8.79. The van der Waals surface area contributed by atoms with E-state index in [1.807, 2.05) is 0 Å². The maximum absolute atomic E-state index is 12.3. The van der Waals surface area contributed by atoms with Gasteiger partial charge in [0.1, 0.15) is 17.1 Å². The van der Waals surface area contributed by atoms with Crippen LogP contribution in [0.1, 0.15) is 56.2 Å². The van der Waals surface area contributed by atoms with Crippen LogP contribution in [0.5, 0.6) is 5.75 Å². The van der Waals surface area contributed by atoms with Gasteiger partial charge in [-0.1, -0.05) is 45.8 Å². The monoisotopic (exact) mass is 330 g/mol. The van der Waals surface area contributed by atoms with Crippen LogP contribution in [0.25, 0.3) is 0 Å². The van der Waals surface area contributed by atoms with E-state index in [0.29, 0.717) is 35.5 Å². The van der Waals surface area contributed by atoms with Gasteiger partial charge < -0.3 is 9.15 Å². The number of fused-ring (bicyclic) bond motifs is 1. The van der Waals surface area contributed by atoms with Gasteiger partial charge in [0, 0.05) is 11.5 Å². The van der Waals surface area contributed by atoms with Crippen LogP contribution in [-0.2, 0) is 5.41 Å². The van der Waals surface area contributed by atoms with E-state index in [1.165, 1.54) is 26.4 Å². The highest BCUT2D eigenvalue weighted by molar-refractivity contribution is 5.78. The van der Waals surface area contributed by atoms with Gasteiger partial charge in [0.05, 0.1) is 7.11 Å². The third kappa shape index (κ3) is 2.43. The SMILES string of the molecule is COc1cc([C@@]2(C)[C@@H]3[C@@H](C)CCC[C@@H]3C=C[C@@H]2C)oc(=O)c1C=O. The zero-order valence-corrected chi connectivity index (χ0v) is 14.9. The van der Waals surface area contributed by atoms with E-state index in [1.54, 1.807) is 6.07 Å². The van der Waals surface area contributed by atoms with Gasteiger partial charge in [-0.25, -0.2) is 4.79 Å². The molecule has 1 aromatic heterocycles. The first-order chi connectivity index (χ1) is 11.4. The van der Waals surface area contributed by atoms with E-state index in [0.717, 1.165) is 0 Å². The summed E-state index contributed by atoms with van der Waals surface area (Å²) >= 11 is 0. The molecule has 3 rings (SSSR count). The lowest BCUT2D eigenvalue weighted by Crippen LogP contribution is -2.48. The lowest BCUT2D eigenvalue weighted by molar-refractivity contribution is 0.0542. The Morgan fingerprint density at radius 3 is 2.71 bits per heavy atom. The third-order valence-electron chi connectivity index (χ3n) is 6.38. The third-order valence-corrected chi connectivity index (χ3v) is 6.38. The van der Waals surface area contributed by atoms with Crippen molar-refractivity contribution in [1.29, 1.82) is 0 Å². The van der Waals surface area contributed by atoms with Gasteiger partial charge in [-0.2, -0.15) is 0 Å². The number of hydrogen-bond acceptors (Lipinski definition) is 4. The van der Waals surface area contributed by atoms with Crippen molar-refractivity contribution in [3.05, 3.63) is 40.0 Å². The van der Waals surface area contributed by atoms with Crippen molar-refractivity contribution in [3.63, 3.8) is 0 Å². The zero-order chi connectivity index (χ0) is 17.5. The summed E-state index contributed by atoms with van der Waals surface area (Å²) in [6.07, 6.45) is 8.73. The molecule has 1 aromatic rings. The lowest BCUT2D eigenvalue weighted by Gasteiger charge is -2.51. The summed E-state index contributed by atoms with van der Waals surface area (Å²) < 4.78 is 10.9. The van der Waals surface area contributed by atoms with Crippen molar-refractivity contribution in [3.8, 4) is 5.75 Å². The van der Waals surface area contributed by atoms with Gasteiger partial charge in [-0.05, 0) is 30.1 Å². The summed E-state index contributed by atoms with van der Waals surface area (Å²) in [5, 5.41) is 0. The predicted molar refractivity (Wildman–Crippen MR) is 92.6 cm³/mol. The largest absolute Gasteiger partial charge is 0.496 e. The zero-order valence-electron chi connectivity index (χ0n) is 14.9. The van der Waals surface area contributed by atoms with E-state index in [9.17, 15) is 9.59 Å². The van der Waals surface area contributed by atoms with Gasteiger partial charge in [-0.15, -0.1) is 0 Å². The minimum Gasteiger partial charge on any atom is -0.496 e. The first kappa shape index (κ1) is 17.0. The fourth-order valence-electron chi connectivity index (χ4n) is 4.93. The van der Waals surface area contributed by atoms with Gasteiger partial charge in [0.15, 0.2) is 6.29 Å². The summed E-state index contributed by atoms with van der Waals surface area (Å²) in [5.41, 5.74) is -0.938. The Hall–Kier alpha value is -1.84. The standard InChI is InChI=1S/C20H26O4/c1-12-6-5-7-14-9-8-13(2)20(3,18(12)14)17-10-16(23-4)15(11-21)19(22)24-17/h8-14,18H,5-7H2,1-4H3/t12-,13-,14+,18+,20-/m0/s1. The molecule has 2 aliphatic carbocycles. The van der Waals surface area contributed by atoms with Gasteiger partial charge >= 0.3 is 5.63 Å². The minimum atomic E-state index is -0.609. The highest BCUT2D eigenvalue weighted by atomic mass is 16.5. The molecule has 4 heteroatoms. The Balaban J connectivity index is 2.18. The van der Waals surface area contributed by atoms with Crippen LogP contribution >= 0.6 is 0 Å². The maximum Gasteiger partial charge on any atom is 0.350 e. The molecule has 0 N–H and O–H groups in total. The molecule has 0 radical (unpaired) electrons. The van der Waals surface area contributed by atoms with Crippen molar-refractivity contribution in [2.75, 3.05) is 7.11 Å². The Morgan fingerprint density at radius 1 is 1.29 bits per heavy atom.